The van der Waals surface area contributed by atoms with Crippen LogP contribution in [0.4, 0.5) is 5.69 Å². The lowest BCUT2D eigenvalue weighted by molar-refractivity contribution is 0.0686. The van der Waals surface area contributed by atoms with Crippen LogP contribution in [0.2, 0.25) is 0 Å². The molecule has 0 radical (unpaired) electrons. The molecule has 0 saturated carbocycles. The van der Waals surface area contributed by atoms with E-state index in [-0.39, 0.29) is 5.69 Å². The van der Waals surface area contributed by atoms with E-state index in [4.69, 9.17) is 15.4 Å². The molecule has 0 aliphatic rings. The molecule has 76 valence electrons. The first-order valence-corrected chi connectivity index (χ1v) is 4.23. The zero-order valence-corrected chi connectivity index (χ0v) is 7.68. The molecule has 1 heterocycles. The summed E-state index contributed by atoms with van der Waals surface area (Å²) in [6, 6.07) is 8.26. The minimum atomic E-state index is -1.11. The largest absolute Gasteiger partial charge is 0.476 e. The number of aromatic carboxylic acids is 1. The lowest BCUT2D eigenvalue weighted by atomic mass is 10.1. The normalized spacial score (nSPS) is 10.1. The van der Waals surface area contributed by atoms with Gasteiger partial charge in [-0.2, -0.15) is 0 Å². The number of benzene rings is 1. The monoisotopic (exact) mass is 204 g/mol. The molecule has 0 aliphatic heterocycles. The summed E-state index contributed by atoms with van der Waals surface area (Å²) >= 11 is 0. The highest BCUT2D eigenvalue weighted by Gasteiger charge is 2.11. The van der Waals surface area contributed by atoms with Gasteiger partial charge < -0.3 is 15.4 Å². The summed E-state index contributed by atoms with van der Waals surface area (Å²) in [5, 5.41) is 12.1. The molecule has 0 amide bonds. The van der Waals surface area contributed by atoms with E-state index in [0.717, 1.165) is 5.56 Å². The summed E-state index contributed by atoms with van der Waals surface area (Å²) in [5.74, 6) is -0.701. The summed E-state index contributed by atoms with van der Waals surface area (Å²) in [7, 11) is 0. The highest BCUT2D eigenvalue weighted by atomic mass is 16.5. The van der Waals surface area contributed by atoms with Crippen LogP contribution in [0.3, 0.4) is 0 Å². The molecule has 0 unspecified atom stereocenters. The van der Waals surface area contributed by atoms with Gasteiger partial charge >= 0.3 is 5.97 Å². The summed E-state index contributed by atoms with van der Waals surface area (Å²) in [6.07, 6.45) is 0. The SMILES string of the molecule is Nc1ccc(-c2cc(C(=O)O)no2)cc1. The van der Waals surface area contributed by atoms with Gasteiger partial charge in [-0.25, -0.2) is 4.79 Å². The molecule has 3 N–H and O–H groups in total. The Morgan fingerprint density at radius 3 is 2.53 bits per heavy atom. The Labute approximate surface area is 85.1 Å². The number of hydrogen-bond acceptors (Lipinski definition) is 4. The molecule has 0 atom stereocenters. The number of nitrogens with zero attached hydrogens (tertiary/aromatic N) is 1. The maximum absolute atomic E-state index is 10.6. The Bertz CT molecular complexity index is 488. The molecule has 2 aromatic rings. The third-order valence-electron chi connectivity index (χ3n) is 1.92. The molecule has 5 heteroatoms. The number of anilines is 1. The van der Waals surface area contributed by atoms with Crippen molar-refractivity contribution in [2.45, 2.75) is 0 Å². The molecule has 1 aromatic heterocycles. The van der Waals surface area contributed by atoms with Gasteiger partial charge in [0.15, 0.2) is 11.5 Å². The van der Waals surface area contributed by atoms with Crippen LogP contribution < -0.4 is 5.73 Å². The summed E-state index contributed by atoms with van der Waals surface area (Å²) in [6.45, 7) is 0. The van der Waals surface area contributed by atoms with Crippen molar-refractivity contribution < 1.29 is 14.4 Å². The number of nitrogen functional groups attached to an aromatic ring is 1. The zero-order valence-electron chi connectivity index (χ0n) is 7.68. The topological polar surface area (TPSA) is 89.4 Å². The van der Waals surface area contributed by atoms with E-state index >= 15 is 0 Å². The minimum Gasteiger partial charge on any atom is -0.476 e. The molecule has 1 aromatic carbocycles. The van der Waals surface area contributed by atoms with Crippen molar-refractivity contribution in [3.8, 4) is 11.3 Å². The second-order valence-electron chi connectivity index (χ2n) is 3.00. The van der Waals surface area contributed by atoms with Crippen molar-refractivity contribution in [2.24, 2.45) is 0 Å². The average molecular weight is 204 g/mol. The van der Waals surface area contributed by atoms with Gasteiger partial charge in [0.25, 0.3) is 0 Å². The fraction of sp³-hybridized carbons (Fsp3) is 0. The Morgan fingerprint density at radius 2 is 2.00 bits per heavy atom. The Morgan fingerprint density at radius 1 is 1.33 bits per heavy atom. The van der Waals surface area contributed by atoms with Crippen LogP contribution in [-0.4, -0.2) is 16.2 Å². The summed E-state index contributed by atoms with van der Waals surface area (Å²) < 4.78 is 4.88. The van der Waals surface area contributed by atoms with Crippen molar-refractivity contribution in [3.05, 3.63) is 36.0 Å². The molecule has 0 spiro atoms. The predicted octanol–water partition coefficient (Wildman–Crippen LogP) is 1.62. The maximum atomic E-state index is 10.6. The van der Waals surface area contributed by atoms with E-state index in [1.165, 1.54) is 6.07 Å². The van der Waals surface area contributed by atoms with Crippen LogP contribution >= 0.6 is 0 Å². The zero-order chi connectivity index (χ0) is 10.8. The standard InChI is InChI=1S/C10H8N2O3/c11-7-3-1-6(2-4-7)9-5-8(10(13)14)12-15-9/h1-5H,11H2,(H,13,14). The highest BCUT2D eigenvalue weighted by molar-refractivity contribution is 5.86. The fourth-order valence-corrected chi connectivity index (χ4v) is 1.16. The fourth-order valence-electron chi connectivity index (χ4n) is 1.16. The molecule has 0 bridgehead atoms. The van der Waals surface area contributed by atoms with Crippen molar-refractivity contribution in [1.29, 1.82) is 0 Å². The molecular weight excluding hydrogens is 196 g/mol. The first-order valence-electron chi connectivity index (χ1n) is 4.23. The van der Waals surface area contributed by atoms with Crippen molar-refractivity contribution in [2.75, 3.05) is 5.73 Å². The van der Waals surface area contributed by atoms with Crippen LogP contribution in [0.15, 0.2) is 34.9 Å². The summed E-state index contributed by atoms with van der Waals surface area (Å²) in [5.41, 5.74) is 6.78. The third kappa shape index (κ3) is 1.80. The molecular formula is C10H8N2O3. The van der Waals surface area contributed by atoms with Gasteiger partial charge in [-0.1, -0.05) is 5.16 Å². The molecule has 5 nitrogen and oxygen atoms in total. The molecule has 0 aliphatic carbocycles. The highest BCUT2D eigenvalue weighted by Crippen LogP contribution is 2.21. The third-order valence-corrected chi connectivity index (χ3v) is 1.92. The van der Waals surface area contributed by atoms with Gasteiger partial charge in [-0.05, 0) is 24.3 Å². The number of aromatic nitrogens is 1. The van der Waals surface area contributed by atoms with Crippen molar-refractivity contribution in [1.82, 2.24) is 5.16 Å². The first-order chi connectivity index (χ1) is 7.16. The Balaban J connectivity index is 2.37. The Hall–Kier alpha value is -2.30. The number of hydrogen-bond donors (Lipinski definition) is 2. The molecule has 15 heavy (non-hydrogen) atoms. The van der Waals surface area contributed by atoms with Gasteiger partial charge in [-0.15, -0.1) is 0 Å². The summed E-state index contributed by atoms with van der Waals surface area (Å²) in [4.78, 5) is 10.6. The van der Waals surface area contributed by atoms with Crippen LogP contribution in [0, 0.1) is 0 Å². The van der Waals surface area contributed by atoms with E-state index in [2.05, 4.69) is 5.16 Å². The van der Waals surface area contributed by atoms with Crippen LogP contribution in [-0.2, 0) is 0 Å². The smallest absolute Gasteiger partial charge is 0.358 e. The second-order valence-corrected chi connectivity index (χ2v) is 3.00. The lowest BCUT2D eigenvalue weighted by Gasteiger charge is -1.95. The lowest BCUT2D eigenvalue weighted by Crippen LogP contribution is -1.94. The molecule has 0 fully saturated rings. The second kappa shape index (κ2) is 3.45. The van der Waals surface area contributed by atoms with Gasteiger partial charge in [0.1, 0.15) is 0 Å². The van der Waals surface area contributed by atoms with E-state index in [0.29, 0.717) is 11.4 Å². The number of carboxylic acids is 1. The van der Waals surface area contributed by atoms with Crippen LogP contribution in [0.5, 0.6) is 0 Å². The van der Waals surface area contributed by atoms with E-state index < -0.39 is 5.97 Å². The van der Waals surface area contributed by atoms with Gasteiger partial charge in [0.2, 0.25) is 0 Å². The Kier molecular flexibility index (Phi) is 2.13. The quantitative estimate of drug-likeness (QED) is 0.725. The van der Waals surface area contributed by atoms with Gasteiger partial charge in [0.05, 0.1) is 0 Å². The van der Waals surface area contributed by atoms with Crippen LogP contribution in [0.1, 0.15) is 10.5 Å². The number of rotatable bonds is 2. The van der Waals surface area contributed by atoms with E-state index in [1.807, 2.05) is 0 Å². The van der Waals surface area contributed by atoms with Crippen molar-refractivity contribution in [3.63, 3.8) is 0 Å². The maximum Gasteiger partial charge on any atom is 0.358 e. The number of carboxylic acid groups (broad SMARTS) is 1. The minimum absolute atomic E-state index is 0.109. The number of carbonyl (C=O) groups is 1. The predicted molar refractivity (Wildman–Crippen MR) is 53.3 cm³/mol. The number of nitrogens with two attached hydrogens (primary N) is 1. The van der Waals surface area contributed by atoms with Gasteiger partial charge in [0, 0.05) is 17.3 Å². The van der Waals surface area contributed by atoms with E-state index in [9.17, 15) is 4.79 Å². The molecule has 0 saturated heterocycles. The molecule has 2 rings (SSSR count). The van der Waals surface area contributed by atoms with Crippen molar-refractivity contribution >= 4 is 11.7 Å². The first kappa shape index (κ1) is 9.26. The van der Waals surface area contributed by atoms with E-state index in [1.54, 1.807) is 24.3 Å². The van der Waals surface area contributed by atoms with Crippen LogP contribution in [0.25, 0.3) is 11.3 Å². The average Bonchev–Trinajstić information content (AvgIpc) is 2.68. The van der Waals surface area contributed by atoms with Gasteiger partial charge in [-0.3, -0.25) is 0 Å².